The normalized spacial score (nSPS) is 20.7. The molecule has 0 saturated carbocycles. The predicted molar refractivity (Wildman–Crippen MR) is 196 cm³/mol. The fraction of sp³-hybridized carbons (Fsp3) is 0.273. The maximum absolute atomic E-state index is 14.0. The molecule has 54 heavy (non-hydrogen) atoms. The van der Waals surface area contributed by atoms with E-state index in [0.29, 0.717) is 106 Å². The third-order valence-electron chi connectivity index (χ3n) is 12.1. The van der Waals surface area contributed by atoms with E-state index in [1.54, 1.807) is 36.4 Å². The van der Waals surface area contributed by atoms with Gasteiger partial charge < -0.3 is 18.3 Å². The molecular weight excluding hydrogens is 688 g/mol. The zero-order valence-corrected chi connectivity index (χ0v) is 30.1. The summed E-state index contributed by atoms with van der Waals surface area (Å²) in [5.74, 6) is 1.62. The van der Waals surface area contributed by atoms with Crippen molar-refractivity contribution in [3.63, 3.8) is 0 Å². The van der Waals surface area contributed by atoms with Gasteiger partial charge in [0.15, 0.2) is 34.6 Å². The summed E-state index contributed by atoms with van der Waals surface area (Å²) in [5, 5.41) is 2.62. The second-order valence-corrected chi connectivity index (χ2v) is 14.9. The van der Waals surface area contributed by atoms with Crippen molar-refractivity contribution in [2.45, 2.75) is 64.2 Å². The topological polar surface area (TPSA) is 131 Å². The summed E-state index contributed by atoms with van der Waals surface area (Å²) < 4.78 is 23.6. The Kier molecular flexibility index (Phi) is 6.72. The molecule has 10 nitrogen and oxygen atoms in total. The monoisotopic (exact) mass is 722 g/mol. The third-order valence-corrected chi connectivity index (χ3v) is 12.1. The number of hydrogen-bond donors (Lipinski definition) is 0. The van der Waals surface area contributed by atoms with Gasteiger partial charge in [0.05, 0.1) is 24.3 Å². The van der Waals surface area contributed by atoms with Gasteiger partial charge in [-0.2, -0.15) is 0 Å². The molecule has 0 radical (unpaired) electrons. The molecule has 4 aliphatic carbocycles. The van der Waals surface area contributed by atoms with Gasteiger partial charge in [-0.1, -0.05) is 13.8 Å². The highest BCUT2D eigenvalue weighted by Gasteiger charge is 2.49. The minimum Gasteiger partial charge on any atom is -0.493 e. The molecule has 6 aromatic rings. The lowest BCUT2D eigenvalue weighted by atomic mass is 9.62. The summed E-state index contributed by atoms with van der Waals surface area (Å²) in [5.41, 5.74) is 3.55. The molecule has 2 atom stereocenters. The quantitative estimate of drug-likeness (QED) is 0.116. The molecule has 4 aliphatic rings. The Morgan fingerprint density at radius 2 is 0.944 bits per heavy atom. The highest BCUT2D eigenvalue weighted by molar-refractivity contribution is 6.18. The fourth-order valence-corrected chi connectivity index (χ4v) is 9.35. The van der Waals surface area contributed by atoms with Gasteiger partial charge in [0.1, 0.15) is 24.0 Å². The minimum atomic E-state index is -0.611. The lowest BCUT2D eigenvalue weighted by molar-refractivity contribution is -0.0969. The van der Waals surface area contributed by atoms with Crippen molar-refractivity contribution in [3.8, 4) is 23.0 Å². The smallest absolute Gasteiger partial charge is 0.228 e. The molecule has 270 valence electrons. The van der Waals surface area contributed by atoms with Gasteiger partial charge in [0, 0.05) is 67.5 Å². The number of carbonyl (C=O) groups excluding carboxylic acids is 4. The molecule has 0 saturated heterocycles. The highest BCUT2D eigenvalue weighted by atomic mass is 17.2. The summed E-state index contributed by atoms with van der Waals surface area (Å²) in [4.78, 5) is 65.8. The number of rotatable bonds is 7. The van der Waals surface area contributed by atoms with E-state index in [1.807, 2.05) is 26.0 Å². The van der Waals surface area contributed by atoms with Gasteiger partial charge in [-0.05, 0) is 86.3 Å². The fourth-order valence-electron chi connectivity index (χ4n) is 9.35. The van der Waals surface area contributed by atoms with Crippen LogP contribution in [0.5, 0.6) is 23.0 Å². The zero-order valence-electron chi connectivity index (χ0n) is 30.1. The maximum Gasteiger partial charge on any atom is 0.228 e. The molecule has 2 heterocycles. The Balaban J connectivity index is 1.09. The molecule has 0 N–H and O–H groups in total. The van der Waals surface area contributed by atoms with Gasteiger partial charge in [0.2, 0.25) is 11.6 Å². The van der Waals surface area contributed by atoms with E-state index in [4.69, 9.17) is 28.1 Å². The number of fused-ring (bicyclic) bond motifs is 6. The molecule has 0 unspecified atom stereocenters. The van der Waals surface area contributed by atoms with E-state index < -0.39 is 10.8 Å². The molecule has 0 spiro atoms. The third kappa shape index (κ3) is 4.16. The van der Waals surface area contributed by atoms with Gasteiger partial charge in [-0.15, -0.1) is 0 Å². The number of furan rings is 2. The van der Waals surface area contributed by atoms with E-state index in [1.165, 1.54) is 12.5 Å². The van der Waals surface area contributed by atoms with Gasteiger partial charge in [0.25, 0.3) is 0 Å². The molecule has 0 amide bonds. The zero-order chi connectivity index (χ0) is 37.3. The first-order valence-corrected chi connectivity index (χ1v) is 18.3. The van der Waals surface area contributed by atoms with E-state index in [2.05, 4.69) is 13.8 Å². The van der Waals surface area contributed by atoms with Crippen LogP contribution in [-0.2, 0) is 10.8 Å². The Morgan fingerprint density at radius 3 is 1.35 bits per heavy atom. The predicted octanol–water partition coefficient (Wildman–Crippen LogP) is 9.00. The van der Waals surface area contributed by atoms with E-state index in [-0.39, 0.29) is 34.7 Å². The minimum absolute atomic E-state index is 0.0245. The SMILES string of the molecule is CCOc1ccc(OOc2ccc(OCC)c3cc4c(cc23)C(=O)c2occ3c2[C@]4(C)CCC3=O)c2cc3c(cc12)[C@@]1(C)CCC(=O)c2coc(c21)C3=O. The van der Waals surface area contributed by atoms with Crippen LogP contribution in [0.15, 0.2) is 69.9 Å². The average Bonchev–Trinajstić information content (AvgIpc) is 3.84. The van der Waals surface area contributed by atoms with Crippen LogP contribution in [0.1, 0.15) is 129 Å². The van der Waals surface area contributed by atoms with Crippen LogP contribution < -0.4 is 19.2 Å². The van der Waals surface area contributed by atoms with Crippen LogP contribution in [0.2, 0.25) is 0 Å². The van der Waals surface area contributed by atoms with Gasteiger partial charge in [-0.25, -0.2) is 0 Å². The largest absolute Gasteiger partial charge is 0.493 e. The molecule has 0 fully saturated rings. The van der Waals surface area contributed by atoms with Crippen LogP contribution in [0.4, 0.5) is 0 Å². The number of Topliss-reactive ketones (excluding diaryl/α,β-unsaturated/α-hetero) is 2. The molecule has 0 aliphatic heterocycles. The number of ether oxygens (including phenoxy) is 2. The van der Waals surface area contributed by atoms with Gasteiger partial charge in [-0.3, -0.25) is 29.0 Å². The summed E-state index contributed by atoms with van der Waals surface area (Å²) in [6.07, 6.45) is 4.59. The first-order chi connectivity index (χ1) is 26.1. The lowest BCUT2D eigenvalue weighted by Crippen LogP contribution is -2.37. The Morgan fingerprint density at radius 1 is 0.556 bits per heavy atom. The summed E-state index contributed by atoms with van der Waals surface area (Å²) in [7, 11) is 0. The van der Waals surface area contributed by atoms with Crippen molar-refractivity contribution in [1.82, 2.24) is 0 Å². The van der Waals surface area contributed by atoms with Gasteiger partial charge >= 0.3 is 0 Å². The Bertz CT molecular complexity index is 2520. The maximum atomic E-state index is 14.0. The molecule has 4 aromatic carbocycles. The summed E-state index contributed by atoms with van der Waals surface area (Å²) in [6, 6.07) is 14.6. The van der Waals surface area contributed by atoms with Crippen LogP contribution >= 0.6 is 0 Å². The van der Waals surface area contributed by atoms with Crippen LogP contribution in [0.25, 0.3) is 21.5 Å². The first-order valence-electron chi connectivity index (χ1n) is 18.3. The van der Waals surface area contributed by atoms with Crippen molar-refractivity contribution >= 4 is 44.7 Å². The molecule has 2 aromatic heterocycles. The van der Waals surface area contributed by atoms with E-state index in [0.717, 1.165) is 21.9 Å². The van der Waals surface area contributed by atoms with Crippen molar-refractivity contribution in [2.75, 3.05) is 13.2 Å². The summed E-state index contributed by atoms with van der Waals surface area (Å²) in [6.45, 7) is 8.75. The number of benzene rings is 4. The summed E-state index contributed by atoms with van der Waals surface area (Å²) >= 11 is 0. The van der Waals surface area contributed by atoms with Crippen molar-refractivity contribution < 1.29 is 47.3 Å². The van der Waals surface area contributed by atoms with Crippen LogP contribution in [-0.4, -0.2) is 36.3 Å². The first kappa shape index (κ1) is 32.5. The number of ketones is 4. The standard InChI is InChI=1S/C44H34O10/c1-5-49-33-7-9-35(21-15-25-29(17-23(21)33)43(3)13-11-31(45)27-19-51-41(37(27)43)39(25)47)53-54-36-10-8-34(50-6-2)24-18-30-26(16-22(24)36)40(48)42-38-28(20-52-42)32(46)12-14-44(30,38)4/h7-10,15-20H,5-6,11-14H2,1-4H3/t43-,44-/m1/s1. The second kappa shape index (κ2) is 11.2. The van der Waals surface area contributed by atoms with Crippen LogP contribution in [0.3, 0.4) is 0 Å². The highest BCUT2D eigenvalue weighted by Crippen LogP contribution is 2.53. The van der Waals surface area contributed by atoms with Crippen LogP contribution in [0, 0.1) is 0 Å². The molecular formula is C44H34O10. The molecule has 10 heteroatoms. The van der Waals surface area contributed by atoms with Crippen molar-refractivity contribution in [3.05, 3.63) is 117 Å². The lowest BCUT2D eigenvalue weighted by Gasteiger charge is -2.38. The Labute approximate surface area is 308 Å². The second-order valence-electron chi connectivity index (χ2n) is 14.9. The van der Waals surface area contributed by atoms with Crippen molar-refractivity contribution in [1.29, 1.82) is 0 Å². The number of hydrogen-bond acceptors (Lipinski definition) is 10. The van der Waals surface area contributed by atoms with E-state index >= 15 is 0 Å². The Hall–Kier alpha value is -6.16. The average molecular weight is 723 g/mol. The molecule has 0 bridgehead atoms. The van der Waals surface area contributed by atoms with E-state index in [9.17, 15) is 19.2 Å². The van der Waals surface area contributed by atoms with Crippen molar-refractivity contribution in [2.24, 2.45) is 0 Å². The molecule has 10 rings (SSSR count). The number of carbonyl (C=O) groups is 4.